The number of rotatable bonds is 4. The number of aromatic amines is 1. The summed E-state index contributed by atoms with van der Waals surface area (Å²) < 4.78 is 0. The Morgan fingerprint density at radius 2 is 2.16 bits per heavy atom. The molecule has 0 unspecified atom stereocenters. The third kappa shape index (κ3) is 2.70. The fourth-order valence-electron chi connectivity index (χ4n) is 2.47. The van der Waals surface area contributed by atoms with Gasteiger partial charge in [0.15, 0.2) is 5.82 Å². The van der Waals surface area contributed by atoms with Gasteiger partial charge in [-0.05, 0) is 31.9 Å². The predicted molar refractivity (Wildman–Crippen MR) is 76.3 cm³/mol. The van der Waals surface area contributed by atoms with Crippen molar-refractivity contribution in [2.45, 2.75) is 26.3 Å². The van der Waals surface area contributed by atoms with Gasteiger partial charge in [-0.1, -0.05) is 0 Å². The Hall–Kier alpha value is -2.04. The van der Waals surface area contributed by atoms with E-state index >= 15 is 0 Å². The molecule has 3 rings (SSSR count). The minimum absolute atomic E-state index is 0.743. The van der Waals surface area contributed by atoms with E-state index in [-0.39, 0.29) is 0 Å². The number of hydrogen-bond acceptors (Lipinski definition) is 4. The number of hydrogen-bond donors (Lipinski definition) is 2. The van der Waals surface area contributed by atoms with Crippen molar-refractivity contribution in [1.29, 1.82) is 0 Å². The molecule has 0 spiro atoms. The first kappa shape index (κ1) is 12.0. The third-order valence-corrected chi connectivity index (χ3v) is 3.42. The van der Waals surface area contributed by atoms with Gasteiger partial charge >= 0.3 is 0 Å². The maximum atomic E-state index is 4.52. The van der Waals surface area contributed by atoms with Crippen LogP contribution in [0.5, 0.6) is 0 Å². The minimum atomic E-state index is 0.743. The van der Waals surface area contributed by atoms with Crippen LogP contribution < -0.4 is 10.2 Å². The molecule has 1 saturated heterocycles. The number of anilines is 2. The monoisotopic (exact) mass is 257 g/mol. The molecule has 19 heavy (non-hydrogen) atoms. The maximum absolute atomic E-state index is 4.52. The first-order chi connectivity index (χ1) is 9.33. The summed E-state index contributed by atoms with van der Waals surface area (Å²) in [5.74, 6) is 2.01. The fourth-order valence-corrected chi connectivity index (χ4v) is 2.47. The summed E-state index contributed by atoms with van der Waals surface area (Å²) >= 11 is 0. The standard InChI is InChI=1S/C14H19N5/c1-11-16-9-12(18-11)10-17-13-5-4-6-15-14(13)19-7-2-3-8-19/h4-6,9,17H,2-3,7-8,10H2,1H3,(H,16,18). The van der Waals surface area contributed by atoms with Crippen LogP contribution in [0.1, 0.15) is 24.4 Å². The third-order valence-electron chi connectivity index (χ3n) is 3.42. The van der Waals surface area contributed by atoms with Crippen LogP contribution in [0.4, 0.5) is 11.5 Å². The number of aromatic nitrogens is 3. The first-order valence-corrected chi connectivity index (χ1v) is 6.77. The molecule has 5 nitrogen and oxygen atoms in total. The molecule has 0 saturated carbocycles. The van der Waals surface area contributed by atoms with Crippen molar-refractivity contribution in [2.24, 2.45) is 0 Å². The second-order valence-electron chi connectivity index (χ2n) is 4.92. The summed E-state index contributed by atoms with van der Waals surface area (Å²) in [6.45, 7) is 4.92. The molecule has 0 amide bonds. The molecule has 1 aliphatic heterocycles. The van der Waals surface area contributed by atoms with Crippen LogP contribution in [-0.2, 0) is 6.54 Å². The number of aryl methyl sites for hydroxylation is 1. The van der Waals surface area contributed by atoms with Gasteiger partial charge < -0.3 is 15.2 Å². The van der Waals surface area contributed by atoms with E-state index < -0.39 is 0 Å². The van der Waals surface area contributed by atoms with Crippen LogP contribution >= 0.6 is 0 Å². The molecule has 3 heterocycles. The lowest BCUT2D eigenvalue weighted by atomic mass is 10.3. The Labute approximate surface area is 113 Å². The van der Waals surface area contributed by atoms with E-state index in [9.17, 15) is 0 Å². The summed E-state index contributed by atoms with van der Waals surface area (Å²) in [5, 5.41) is 3.44. The lowest BCUT2D eigenvalue weighted by Crippen LogP contribution is -2.20. The largest absolute Gasteiger partial charge is 0.376 e. The Bertz CT molecular complexity index is 542. The first-order valence-electron chi connectivity index (χ1n) is 6.77. The van der Waals surface area contributed by atoms with Crippen molar-refractivity contribution >= 4 is 11.5 Å². The smallest absolute Gasteiger partial charge is 0.151 e. The van der Waals surface area contributed by atoms with Crippen LogP contribution in [0.2, 0.25) is 0 Å². The van der Waals surface area contributed by atoms with Gasteiger partial charge in [0.1, 0.15) is 5.82 Å². The lowest BCUT2D eigenvalue weighted by molar-refractivity contribution is 0.933. The molecule has 0 radical (unpaired) electrons. The molecule has 2 N–H and O–H groups in total. The van der Waals surface area contributed by atoms with Crippen LogP contribution in [0.15, 0.2) is 24.5 Å². The maximum Gasteiger partial charge on any atom is 0.151 e. The Morgan fingerprint density at radius 1 is 1.32 bits per heavy atom. The van der Waals surface area contributed by atoms with Crippen molar-refractivity contribution in [2.75, 3.05) is 23.3 Å². The molecule has 1 aliphatic rings. The number of nitrogens with zero attached hydrogens (tertiary/aromatic N) is 3. The van der Waals surface area contributed by atoms with E-state index in [2.05, 4.69) is 31.2 Å². The summed E-state index contributed by atoms with van der Waals surface area (Å²) in [4.78, 5) is 14.3. The highest BCUT2D eigenvalue weighted by atomic mass is 15.2. The molecule has 1 fully saturated rings. The van der Waals surface area contributed by atoms with E-state index in [1.807, 2.05) is 25.4 Å². The zero-order chi connectivity index (χ0) is 13.1. The summed E-state index contributed by atoms with van der Waals surface area (Å²) in [6.07, 6.45) is 6.25. The van der Waals surface area contributed by atoms with E-state index in [0.29, 0.717) is 0 Å². The van der Waals surface area contributed by atoms with Gasteiger partial charge in [0, 0.05) is 19.3 Å². The van der Waals surface area contributed by atoms with Gasteiger partial charge in [0.2, 0.25) is 0 Å². The summed E-state index contributed by atoms with van der Waals surface area (Å²) in [7, 11) is 0. The molecule has 0 atom stereocenters. The van der Waals surface area contributed by atoms with Crippen LogP contribution in [0.25, 0.3) is 0 Å². The highest BCUT2D eigenvalue weighted by Gasteiger charge is 2.16. The van der Waals surface area contributed by atoms with Gasteiger partial charge in [-0.2, -0.15) is 0 Å². The molecule has 5 heteroatoms. The van der Waals surface area contributed by atoms with Crippen LogP contribution in [0, 0.1) is 6.92 Å². The van der Waals surface area contributed by atoms with Crippen molar-refractivity contribution in [3.63, 3.8) is 0 Å². The molecular weight excluding hydrogens is 238 g/mol. The fraction of sp³-hybridized carbons (Fsp3) is 0.429. The van der Waals surface area contributed by atoms with E-state index in [1.165, 1.54) is 12.8 Å². The predicted octanol–water partition coefficient (Wildman–Crippen LogP) is 2.33. The van der Waals surface area contributed by atoms with E-state index in [1.54, 1.807) is 0 Å². The Kier molecular flexibility index (Phi) is 3.35. The van der Waals surface area contributed by atoms with Gasteiger partial charge in [0.05, 0.1) is 24.1 Å². The SMILES string of the molecule is Cc1ncc(CNc2cccnc2N2CCCC2)[nH]1. The molecule has 2 aromatic heterocycles. The van der Waals surface area contributed by atoms with Gasteiger partial charge in [-0.3, -0.25) is 0 Å². The summed E-state index contributed by atoms with van der Waals surface area (Å²) in [5.41, 5.74) is 2.19. The number of imidazole rings is 1. The lowest BCUT2D eigenvalue weighted by Gasteiger charge is -2.20. The number of nitrogens with one attached hydrogen (secondary N) is 2. The second-order valence-corrected chi connectivity index (χ2v) is 4.92. The zero-order valence-corrected chi connectivity index (χ0v) is 11.2. The van der Waals surface area contributed by atoms with Crippen molar-refractivity contribution < 1.29 is 0 Å². The normalized spacial score (nSPS) is 14.9. The van der Waals surface area contributed by atoms with Crippen LogP contribution in [-0.4, -0.2) is 28.0 Å². The van der Waals surface area contributed by atoms with Crippen molar-refractivity contribution in [3.05, 3.63) is 36.0 Å². The van der Waals surface area contributed by atoms with Gasteiger partial charge in [0.25, 0.3) is 0 Å². The highest BCUT2D eigenvalue weighted by Crippen LogP contribution is 2.26. The molecule has 100 valence electrons. The minimum Gasteiger partial charge on any atom is -0.376 e. The average molecular weight is 257 g/mol. The molecule has 0 aromatic carbocycles. The molecule has 0 aliphatic carbocycles. The van der Waals surface area contributed by atoms with E-state index in [4.69, 9.17) is 0 Å². The van der Waals surface area contributed by atoms with Gasteiger partial charge in [-0.15, -0.1) is 0 Å². The zero-order valence-electron chi connectivity index (χ0n) is 11.2. The highest BCUT2D eigenvalue weighted by molar-refractivity contribution is 5.65. The molecular formula is C14H19N5. The second kappa shape index (κ2) is 5.30. The van der Waals surface area contributed by atoms with Crippen LogP contribution in [0.3, 0.4) is 0 Å². The quantitative estimate of drug-likeness (QED) is 0.882. The number of H-pyrrole nitrogens is 1. The van der Waals surface area contributed by atoms with Crippen molar-refractivity contribution in [1.82, 2.24) is 15.0 Å². The Morgan fingerprint density at radius 3 is 2.89 bits per heavy atom. The summed E-state index contributed by atoms with van der Waals surface area (Å²) in [6, 6.07) is 4.06. The van der Waals surface area contributed by atoms with E-state index in [0.717, 1.165) is 42.7 Å². The molecule has 2 aromatic rings. The topological polar surface area (TPSA) is 56.8 Å². The molecule has 0 bridgehead atoms. The Balaban J connectivity index is 1.73. The van der Waals surface area contributed by atoms with Gasteiger partial charge in [-0.25, -0.2) is 9.97 Å². The average Bonchev–Trinajstić information content (AvgIpc) is 3.08. The van der Waals surface area contributed by atoms with Crippen molar-refractivity contribution in [3.8, 4) is 0 Å². The number of pyridine rings is 1.